The smallest absolute Gasteiger partial charge is 0.233 e. The summed E-state index contributed by atoms with van der Waals surface area (Å²) in [5.41, 5.74) is -0.858. The third-order valence-electron chi connectivity index (χ3n) is 4.56. The molecule has 22 heavy (non-hydrogen) atoms. The summed E-state index contributed by atoms with van der Waals surface area (Å²) in [7, 11) is 0. The average Bonchev–Trinajstić information content (AvgIpc) is 2.56. The van der Waals surface area contributed by atoms with Crippen LogP contribution < -0.4 is 10.9 Å². The van der Waals surface area contributed by atoms with E-state index in [1.54, 1.807) is 6.07 Å². The molecule has 0 fully saturated rings. The maximum absolute atomic E-state index is 12.2. The third-order valence-corrected chi connectivity index (χ3v) is 4.56. The largest absolute Gasteiger partial charge is 0.286 e. The molecule has 5 aromatic carbocycles. The zero-order valence-corrected chi connectivity index (χ0v) is 11.6. The molecule has 0 N–H and O–H groups in total. The van der Waals surface area contributed by atoms with Crippen molar-refractivity contribution in [3.63, 3.8) is 0 Å². The fourth-order valence-electron chi connectivity index (χ4n) is 3.57. The van der Waals surface area contributed by atoms with E-state index in [1.807, 2.05) is 12.1 Å². The van der Waals surface area contributed by atoms with Crippen LogP contribution in [0.15, 0.2) is 70.3 Å². The van der Waals surface area contributed by atoms with Gasteiger partial charge >= 0.3 is 0 Å². The van der Waals surface area contributed by atoms with Gasteiger partial charge in [-0.05, 0) is 55.9 Å². The molecule has 0 saturated carbocycles. The number of hydrogen-bond donors (Lipinski definition) is 0. The van der Waals surface area contributed by atoms with Gasteiger partial charge in [-0.25, -0.2) is 0 Å². The predicted octanol–water partition coefficient (Wildman–Crippen LogP) is 3.90. The number of benzene rings is 5. The Morgan fingerprint density at radius 1 is 0.545 bits per heavy atom. The van der Waals surface area contributed by atoms with Gasteiger partial charge in [0.25, 0.3) is 0 Å². The molecule has 2 heteroatoms. The molecule has 0 aliphatic heterocycles. The highest BCUT2D eigenvalue weighted by Gasteiger charge is 2.12. The first-order valence-electron chi connectivity index (χ1n) is 7.21. The summed E-state index contributed by atoms with van der Waals surface area (Å²) in [6, 6.07) is 19.5. The van der Waals surface area contributed by atoms with Crippen LogP contribution in [-0.4, -0.2) is 0 Å². The summed E-state index contributed by atoms with van der Waals surface area (Å²) in [5.74, 6) is 0. The van der Waals surface area contributed by atoms with Crippen LogP contribution in [0.2, 0.25) is 0 Å². The second kappa shape index (κ2) is 3.80. The summed E-state index contributed by atoms with van der Waals surface area (Å²) >= 11 is 0. The molecule has 5 rings (SSSR count). The molecule has 0 aliphatic rings. The highest BCUT2D eigenvalue weighted by molar-refractivity contribution is 6.28. The van der Waals surface area contributed by atoms with E-state index >= 15 is 0 Å². The lowest BCUT2D eigenvalue weighted by molar-refractivity contribution is 1.55. The predicted molar refractivity (Wildman–Crippen MR) is 91.4 cm³/mol. The van der Waals surface area contributed by atoms with Gasteiger partial charge in [-0.2, -0.15) is 0 Å². The molecule has 0 heterocycles. The highest BCUT2D eigenvalue weighted by Crippen LogP contribution is 2.37. The molecular formula is C20H10O2. The van der Waals surface area contributed by atoms with Gasteiger partial charge in [-0.15, -0.1) is 0 Å². The number of hydrogen-bond acceptors (Lipinski definition) is 2. The SMILES string of the molecule is O=c1ccc2c(cc3[13cH][13cH]c4cccc5[13cH][13cH]c2c3c45)c1=O. The first-order valence-corrected chi connectivity index (χ1v) is 7.21. The van der Waals surface area contributed by atoms with Crippen molar-refractivity contribution in [2.24, 2.45) is 0 Å². The first kappa shape index (κ1) is 11.6. The topological polar surface area (TPSA) is 34.1 Å². The van der Waals surface area contributed by atoms with E-state index in [0.717, 1.165) is 16.2 Å². The normalized spacial score (nSPS) is 12.0. The van der Waals surface area contributed by atoms with E-state index in [1.165, 1.54) is 27.6 Å². The molecule has 0 aliphatic carbocycles. The molecule has 0 amide bonds. The van der Waals surface area contributed by atoms with E-state index in [0.29, 0.717) is 5.39 Å². The van der Waals surface area contributed by atoms with Crippen LogP contribution >= 0.6 is 0 Å². The van der Waals surface area contributed by atoms with Crippen molar-refractivity contribution in [2.75, 3.05) is 0 Å². The maximum Gasteiger partial charge on any atom is 0.233 e. The molecule has 0 spiro atoms. The van der Waals surface area contributed by atoms with E-state index in [2.05, 4.69) is 36.4 Å². The van der Waals surface area contributed by atoms with Gasteiger partial charge in [0.15, 0.2) is 0 Å². The molecule has 102 valence electrons. The monoisotopic (exact) mass is 286 g/mol. The van der Waals surface area contributed by atoms with Gasteiger partial charge in [0, 0.05) is 5.39 Å². The Hall–Kier alpha value is -3.00. The minimum atomic E-state index is -0.444. The Labute approximate surface area is 124 Å². The van der Waals surface area contributed by atoms with Crippen molar-refractivity contribution >= 4 is 43.1 Å². The average molecular weight is 286 g/mol. The van der Waals surface area contributed by atoms with Crippen LogP contribution in [0.1, 0.15) is 0 Å². The quantitative estimate of drug-likeness (QED) is 0.246. The van der Waals surface area contributed by atoms with Gasteiger partial charge in [-0.1, -0.05) is 42.5 Å². The summed E-state index contributed by atoms with van der Waals surface area (Å²) in [6.07, 6.45) is 0. The molecule has 2 nitrogen and oxygen atoms in total. The van der Waals surface area contributed by atoms with Gasteiger partial charge in [0.05, 0.1) is 0 Å². The Bertz CT molecular complexity index is 1290. The highest BCUT2D eigenvalue weighted by atomic mass is 16.2. The zero-order chi connectivity index (χ0) is 14.8. The Kier molecular flexibility index (Phi) is 2.01. The maximum atomic E-state index is 12.2. The fourth-order valence-corrected chi connectivity index (χ4v) is 3.57. The minimum absolute atomic E-state index is 0.414. The Morgan fingerprint density at radius 3 is 2.05 bits per heavy atom. The van der Waals surface area contributed by atoms with Gasteiger partial charge in [0.1, 0.15) is 0 Å². The number of fused-ring (bicyclic) bond motifs is 2. The van der Waals surface area contributed by atoms with Crippen LogP contribution in [0.5, 0.6) is 0 Å². The van der Waals surface area contributed by atoms with Gasteiger partial charge in [0.2, 0.25) is 10.9 Å². The molecule has 0 atom stereocenters. The van der Waals surface area contributed by atoms with Crippen LogP contribution in [0.4, 0.5) is 0 Å². The van der Waals surface area contributed by atoms with Gasteiger partial charge < -0.3 is 0 Å². The van der Waals surface area contributed by atoms with Crippen LogP contribution in [-0.2, 0) is 0 Å². The molecule has 0 bridgehead atoms. The lowest BCUT2D eigenvalue weighted by Gasteiger charge is -2.12. The van der Waals surface area contributed by atoms with E-state index in [-0.39, 0.29) is 0 Å². The lowest BCUT2D eigenvalue weighted by Crippen LogP contribution is -2.22. The summed E-state index contributed by atoms with van der Waals surface area (Å²) in [6.45, 7) is 0. The lowest BCUT2D eigenvalue weighted by atomic mass is 9.98. The first-order chi connectivity index (χ1) is 10.7. The van der Waals surface area contributed by atoms with E-state index in [9.17, 15) is 9.59 Å². The van der Waals surface area contributed by atoms with E-state index in [4.69, 9.17) is 0 Å². The van der Waals surface area contributed by atoms with Crippen molar-refractivity contribution in [1.82, 2.24) is 0 Å². The third kappa shape index (κ3) is 1.29. The molecule has 0 radical (unpaired) electrons. The minimum Gasteiger partial charge on any atom is -0.286 e. The Morgan fingerprint density at radius 2 is 1.23 bits per heavy atom. The van der Waals surface area contributed by atoms with Crippen molar-refractivity contribution in [1.29, 1.82) is 0 Å². The molecule has 5 aromatic rings. The van der Waals surface area contributed by atoms with Crippen molar-refractivity contribution in [3.05, 3.63) is 81.1 Å². The summed E-state index contributed by atoms with van der Waals surface area (Å²) in [4.78, 5) is 23.8. The van der Waals surface area contributed by atoms with Crippen LogP contribution in [0.25, 0.3) is 43.1 Å². The van der Waals surface area contributed by atoms with Crippen molar-refractivity contribution in [2.45, 2.75) is 0 Å². The van der Waals surface area contributed by atoms with Crippen molar-refractivity contribution < 1.29 is 0 Å². The zero-order valence-electron chi connectivity index (χ0n) is 11.6. The number of rotatable bonds is 0. The summed E-state index contributed by atoms with van der Waals surface area (Å²) < 4.78 is 0. The van der Waals surface area contributed by atoms with E-state index < -0.39 is 10.9 Å². The van der Waals surface area contributed by atoms with Crippen molar-refractivity contribution in [3.8, 4) is 0 Å². The molecule has 0 saturated heterocycles. The van der Waals surface area contributed by atoms with Crippen LogP contribution in [0.3, 0.4) is 0 Å². The van der Waals surface area contributed by atoms with Crippen LogP contribution in [0, 0.1) is 0 Å². The second-order valence-electron chi connectivity index (χ2n) is 5.72. The fraction of sp³-hybridized carbons (Fsp3) is 0. The second-order valence-corrected chi connectivity index (χ2v) is 5.72. The Balaban J connectivity index is 2.23. The van der Waals surface area contributed by atoms with Gasteiger partial charge in [-0.3, -0.25) is 9.59 Å². The molecule has 0 unspecified atom stereocenters. The molecule has 0 aromatic heterocycles. The standard InChI is InChI=1S/C20H10O2/c21-17-9-8-14-15-7-6-12-3-1-2-11-4-5-13(19(15)18(11)12)10-16(14)20(17)22/h1-10H/i4+1,5+1,6+1,7+1. The summed E-state index contributed by atoms with van der Waals surface area (Å²) in [5, 5.41) is 8.19. The molecular weight excluding hydrogens is 276 g/mol.